The predicted octanol–water partition coefficient (Wildman–Crippen LogP) is 2.39. The molecule has 0 atom stereocenters. The lowest BCUT2D eigenvalue weighted by Gasteiger charge is -2.34. The normalized spacial score (nSPS) is 14.9. The van der Waals surface area contributed by atoms with Crippen LogP contribution in [0.4, 0.5) is 5.95 Å². The molecule has 2 heterocycles. The number of benzene rings is 1. The van der Waals surface area contributed by atoms with Crippen LogP contribution < -0.4 is 10.2 Å². The van der Waals surface area contributed by atoms with Crippen molar-refractivity contribution in [3.05, 3.63) is 53.3 Å². The van der Waals surface area contributed by atoms with E-state index in [0.717, 1.165) is 68.6 Å². The molecule has 27 heavy (non-hydrogen) atoms. The Morgan fingerprint density at radius 3 is 2.48 bits per heavy atom. The van der Waals surface area contributed by atoms with Gasteiger partial charge in [-0.3, -0.25) is 9.69 Å². The van der Waals surface area contributed by atoms with Gasteiger partial charge in [0, 0.05) is 56.6 Å². The number of hydrogen-bond acceptors (Lipinski definition) is 5. The molecule has 1 amide bonds. The second-order valence-electron chi connectivity index (χ2n) is 6.71. The van der Waals surface area contributed by atoms with Crippen molar-refractivity contribution in [3.8, 4) is 0 Å². The van der Waals surface area contributed by atoms with Crippen LogP contribution in [-0.2, 0) is 11.2 Å². The minimum absolute atomic E-state index is 0.107. The maximum atomic E-state index is 12.0. The number of nitrogens with one attached hydrogen (secondary N) is 1. The molecule has 0 unspecified atom stereocenters. The van der Waals surface area contributed by atoms with Crippen LogP contribution in [0.3, 0.4) is 0 Å². The number of anilines is 1. The summed E-state index contributed by atoms with van der Waals surface area (Å²) in [5.41, 5.74) is 1.13. The molecule has 0 saturated carbocycles. The monoisotopic (exact) mass is 387 g/mol. The first kappa shape index (κ1) is 19.6. The minimum atomic E-state index is 0.107. The van der Waals surface area contributed by atoms with E-state index in [4.69, 9.17) is 11.6 Å². The zero-order valence-corrected chi connectivity index (χ0v) is 16.2. The molecule has 144 valence electrons. The molecule has 1 N–H and O–H groups in total. The Kier molecular flexibility index (Phi) is 7.42. The molecule has 0 aliphatic carbocycles. The van der Waals surface area contributed by atoms with E-state index in [1.165, 1.54) is 0 Å². The van der Waals surface area contributed by atoms with Crippen molar-refractivity contribution in [1.82, 2.24) is 20.2 Å². The van der Waals surface area contributed by atoms with E-state index in [9.17, 15) is 4.79 Å². The van der Waals surface area contributed by atoms with Crippen LogP contribution in [0.5, 0.6) is 0 Å². The van der Waals surface area contributed by atoms with Crippen molar-refractivity contribution in [3.63, 3.8) is 0 Å². The summed E-state index contributed by atoms with van der Waals surface area (Å²) in [7, 11) is 0. The third-order valence-corrected chi connectivity index (χ3v) is 4.99. The Morgan fingerprint density at radius 2 is 1.78 bits per heavy atom. The molecule has 1 aromatic carbocycles. The number of rotatable bonds is 8. The summed E-state index contributed by atoms with van der Waals surface area (Å²) in [6.45, 7) is 5.61. The summed E-state index contributed by atoms with van der Waals surface area (Å²) in [6.07, 6.45) is 5.78. The van der Waals surface area contributed by atoms with Gasteiger partial charge in [-0.25, -0.2) is 9.97 Å². The number of aryl methyl sites for hydroxylation is 1. The SMILES string of the molecule is O=C(CCc1ccc(Cl)cc1)NCCCN1CCN(c2ncccn2)CC1. The van der Waals surface area contributed by atoms with E-state index in [1.54, 1.807) is 12.4 Å². The molecular formula is C20H26ClN5O. The molecule has 7 heteroatoms. The van der Waals surface area contributed by atoms with Crippen molar-refractivity contribution in [1.29, 1.82) is 0 Å². The Hall–Kier alpha value is -2.18. The molecular weight excluding hydrogens is 362 g/mol. The Balaban J connectivity index is 1.26. The third-order valence-electron chi connectivity index (χ3n) is 4.73. The fourth-order valence-corrected chi connectivity index (χ4v) is 3.28. The fraction of sp³-hybridized carbons (Fsp3) is 0.450. The zero-order valence-electron chi connectivity index (χ0n) is 15.5. The van der Waals surface area contributed by atoms with Gasteiger partial charge in [0.15, 0.2) is 0 Å². The topological polar surface area (TPSA) is 61.4 Å². The van der Waals surface area contributed by atoms with Crippen LogP contribution in [-0.4, -0.2) is 60.0 Å². The van der Waals surface area contributed by atoms with Gasteiger partial charge < -0.3 is 10.2 Å². The molecule has 0 radical (unpaired) electrons. The molecule has 1 fully saturated rings. The Labute approximate surface area is 165 Å². The van der Waals surface area contributed by atoms with Crippen LogP contribution >= 0.6 is 11.6 Å². The average molecular weight is 388 g/mol. The first-order chi connectivity index (χ1) is 13.2. The van der Waals surface area contributed by atoms with Crippen molar-refractivity contribution < 1.29 is 4.79 Å². The third kappa shape index (κ3) is 6.48. The highest BCUT2D eigenvalue weighted by molar-refractivity contribution is 6.30. The zero-order chi connectivity index (χ0) is 18.9. The standard InChI is InChI=1S/C20H26ClN5O/c21-18-6-3-17(4-7-18)5-8-19(27)22-11-2-12-25-13-15-26(16-14-25)20-23-9-1-10-24-20/h1,3-4,6-7,9-10H,2,5,8,11-16H2,(H,22,27). The van der Waals surface area contributed by atoms with Gasteiger partial charge in [-0.15, -0.1) is 0 Å². The van der Waals surface area contributed by atoms with E-state index < -0.39 is 0 Å². The highest BCUT2D eigenvalue weighted by Crippen LogP contribution is 2.11. The number of nitrogens with zero attached hydrogens (tertiary/aromatic N) is 4. The summed E-state index contributed by atoms with van der Waals surface area (Å²) in [6, 6.07) is 9.49. The molecule has 3 rings (SSSR count). The average Bonchev–Trinajstić information content (AvgIpc) is 2.72. The fourth-order valence-electron chi connectivity index (χ4n) is 3.15. The number of aromatic nitrogens is 2. The van der Waals surface area contributed by atoms with Crippen LogP contribution in [0, 0.1) is 0 Å². The number of carbonyl (C=O) groups is 1. The molecule has 2 aromatic rings. The number of carbonyl (C=O) groups excluding carboxylic acids is 1. The second kappa shape index (κ2) is 10.2. The van der Waals surface area contributed by atoms with E-state index in [0.29, 0.717) is 6.42 Å². The molecule has 1 saturated heterocycles. The highest BCUT2D eigenvalue weighted by Gasteiger charge is 2.18. The van der Waals surface area contributed by atoms with Gasteiger partial charge >= 0.3 is 0 Å². The summed E-state index contributed by atoms with van der Waals surface area (Å²) in [4.78, 5) is 25.2. The van der Waals surface area contributed by atoms with Crippen LogP contribution in [0.1, 0.15) is 18.4 Å². The largest absolute Gasteiger partial charge is 0.356 e. The van der Waals surface area contributed by atoms with Crippen molar-refractivity contribution >= 4 is 23.5 Å². The van der Waals surface area contributed by atoms with E-state index in [1.807, 2.05) is 30.3 Å². The summed E-state index contributed by atoms with van der Waals surface area (Å²) >= 11 is 5.87. The second-order valence-corrected chi connectivity index (χ2v) is 7.14. The molecule has 1 aliphatic rings. The van der Waals surface area contributed by atoms with Crippen molar-refractivity contribution in [2.24, 2.45) is 0 Å². The van der Waals surface area contributed by atoms with E-state index in [2.05, 4.69) is 25.1 Å². The van der Waals surface area contributed by atoms with Crippen molar-refractivity contribution in [2.45, 2.75) is 19.3 Å². The first-order valence-corrected chi connectivity index (χ1v) is 9.84. The molecule has 1 aromatic heterocycles. The van der Waals surface area contributed by atoms with Crippen LogP contribution in [0.25, 0.3) is 0 Å². The van der Waals surface area contributed by atoms with Gasteiger partial charge in [-0.05, 0) is 43.1 Å². The van der Waals surface area contributed by atoms with Gasteiger partial charge in [-0.2, -0.15) is 0 Å². The van der Waals surface area contributed by atoms with Gasteiger partial charge in [-0.1, -0.05) is 23.7 Å². The minimum Gasteiger partial charge on any atom is -0.356 e. The van der Waals surface area contributed by atoms with Crippen molar-refractivity contribution in [2.75, 3.05) is 44.2 Å². The first-order valence-electron chi connectivity index (χ1n) is 9.46. The molecule has 0 bridgehead atoms. The van der Waals surface area contributed by atoms with Crippen LogP contribution in [0.15, 0.2) is 42.7 Å². The number of hydrogen-bond donors (Lipinski definition) is 1. The quantitative estimate of drug-likeness (QED) is 0.705. The molecule has 1 aliphatic heterocycles. The highest BCUT2D eigenvalue weighted by atomic mass is 35.5. The lowest BCUT2D eigenvalue weighted by Crippen LogP contribution is -2.47. The summed E-state index contributed by atoms with van der Waals surface area (Å²) in [5, 5.41) is 3.74. The van der Waals surface area contributed by atoms with Gasteiger partial charge in [0.2, 0.25) is 11.9 Å². The Bertz CT molecular complexity index is 702. The number of amides is 1. The number of halogens is 1. The lowest BCUT2D eigenvalue weighted by molar-refractivity contribution is -0.121. The lowest BCUT2D eigenvalue weighted by atomic mass is 10.1. The maximum absolute atomic E-state index is 12.0. The van der Waals surface area contributed by atoms with Gasteiger partial charge in [0.1, 0.15) is 0 Å². The smallest absolute Gasteiger partial charge is 0.225 e. The van der Waals surface area contributed by atoms with Gasteiger partial charge in [0.05, 0.1) is 0 Å². The van der Waals surface area contributed by atoms with E-state index in [-0.39, 0.29) is 5.91 Å². The molecule has 0 spiro atoms. The predicted molar refractivity (Wildman–Crippen MR) is 108 cm³/mol. The summed E-state index contributed by atoms with van der Waals surface area (Å²) in [5.74, 6) is 0.918. The Morgan fingerprint density at radius 1 is 1.07 bits per heavy atom. The maximum Gasteiger partial charge on any atom is 0.225 e. The van der Waals surface area contributed by atoms with E-state index >= 15 is 0 Å². The number of piperazine rings is 1. The van der Waals surface area contributed by atoms with Gasteiger partial charge in [0.25, 0.3) is 0 Å². The van der Waals surface area contributed by atoms with Crippen LogP contribution in [0.2, 0.25) is 5.02 Å². The molecule has 6 nitrogen and oxygen atoms in total. The summed E-state index contributed by atoms with van der Waals surface area (Å²) < 4.78 is 0.